The van der Waals surface area contributed by atoms with Gasteiger partial charge in [-0.1, -0.05) is 43.7 Å². The highest BCUT2D eigenvalue weighted by Crippen LogP contribution is 2.27. The number of aliphatic hydroxyl groups is 1. The third-order valence-electron chi connectivity index (χ3n) is 4.23. The van der Waals surface area contributed by atoms with E-state index in [2.05, 4.69) is 42.8 Å². The number of hydrogen-bond donors (Lipinski definition) is 1. The van der Waals surface area contributed by atoms with E-state index in [1.165, 1.54) is 31.2 Å². The molecule has 0 spiro atoms. The van der Waals surface area contributed by atoms with Gasteiger partial charge in [0.15, 0.2) is 0 Å². The molecule has 0 bridgehead atoms. The molecular weight excluding hydrogens is 246 g/mol. The van der Waals surface area contributed by atoms with Gasteiger partial charge in [0.05, 0.1) is 0 Å². The Bertz CT molecular complexity index is 468. The maximum atomic E-state index is 8.69. The summed E-state index contributed by atoms with van der Waals surface area (Å²) in [6, 6.07) is 9.09. The lowest BCUT2D eigenvalue weighted by Crippen LogP contribution is -2.35. The summed E-state index contributed by atoms with van der Waals surface area (Å²) >= 11 is 0. The van der Waals surface area contributed by atoms with Gasteiger partial charge in [-0.3, -0.25) is 4.90 Å². The number of hydrogen-bond acceptors (Lipinski definition) is 2. The lowest BCUT2D eigenvalue weighted by atomic mass is 9.86. The molecule has 2 atom stereocenters. The van der Waals surface area contributed by atoms with Gasteiger partial charge < -0.3 is 5.11 Å². The molecule has 1 fully saturated rings. The van der Waals surface area contributed by atoms with Gasteiger partial charge in [0.25, 0.3) is 0 Å². The van der Waals surface area contributed by atoms with E-state index in [9.17, 15) is 0 Å². The zero-order valence-corrected chi connectivity index (χ0v) is 12.6. The first-order chi connectivity index (χ1) is 9.69. The summed E-state index contributed by atoms with van der Waals surface area (Å²) < 4.78 is 0. The minimum atomic E-state index is -0.0790. The predicted octanol–water partition coefficient (Wildman–Crippen LogP) is 3.04. The second-order valence-electron chi connectivity index (χ2n) is 6.00. The van der Waals surface area contributed by atoms with E-state index in [-0.39, 0.29) is 6.61 Å². The summed E-state index contributed by atoms with van der Waals surface area (Å²) in [7, 11) is 2.24. The summed E-state index contributed by atoms with van der Waals surface area (Å²) in [5, 5.41) is 8.69. The third-order valence-corrected chi connectivity index (χ3v) is 4.23. The molecule has 2 heteroatoms. The Labute approximate surface area is 122 Å². The zero-order valence-electron chi connectivity index (χ0n) is 12.6. The molecule has 1 saturated carbocycles. The van der Waals surface area contributed by atoms with Crippen molar-refractivity contribution in [2.45, 2.75) is 45.2 Å². The van der Waals surface area contributed by atoms with Crippen LogP contribution in [0, 0.1) is 17.8 Å². The zero-order chi connectivity index (χ0) is 14.4. The van der Waals surface area contributed by atoms with Crippen LogP contribution in [0.2, 0.25) is 0 Å². The molecule has 1 aromatic carbocycles. The van der Waals surface area contributed by atoms with Crippen LogP contribution in [0.3, 0.4) is 0 Å². The smallest absolute Gasteiger partial charge is 0.104 e. The lowest BCUT2D eigenvalue weighted by molar-refractivity contribution is 0.158. The molecule has 2 unspecified atom stereocenters. The molecule has 0 radical (unpaired) electrons. The van der Waals surface area contributed by atoms with Gasteiger partial charge in [-0.15, -0.1) is 0 Å². The second-order valence-corrected chi connectivity index (χ2v) is 6.00. The van der Waals surface area contributed by atoms with Crippen LogP contribution in [-0.4, -0.2) is 29.7 Å². The van der Waals surface area contributed by atoms with Gasteiger partial charge >= 0.3 is 0 Å². The van der Waals surface area contributed by atoms with Gasteiger partial charge in [-0.25, -0.2) is 0 Å². The van der Waals surface area contributed by atoms with Crippen LogP contribution in [-0.2, 0) is 6.54 Å². The number of aliphatic hydroxyl groups excluding tert-OH is 1. The van der Waals surface area contributed by atoms with Crippen molar-refractivity contribution >= 4 is 0 Å². The van der Waals surface area contributed by atoms with E-state index < -0.39 is 0 Å². The largest absolute Gasteiger partial charge is 0.384 e. The average Bonchev–Trinajstić information content (AvgIpc) is 2.46. The molecule has 1 aliphatic carbocycles. The van der Waals surface area contributed by atoms with Crippen molar-refractivity contribution < 1.29 is 5.11 Å². The van der Waals surface area contributed by atoms with Crippen LogP contribution in [0.5, 0.6) is 0 Å². The summed E-state index contributed by atoms with van der Waals surface area (Å²) in [6.45, 7) is 3.30. The number of benzene rings is 1. The summed E-state index contributed by atoms with van der Waals surface area (Å²) in [5.41, 5.74) is 2.30. The first kappa shape index (κ1) is 15.1. The van der Waals surface area contributed by atoms with E-state index in [1.807, 2.05) is 12.1 Å². The second kappa shape index (κ2) is 7.47. The quantitative estimate of drug-likeness (QED) is 0.854. The number of rotatable bonds is 3. The molecular formula is C18H25NO. The van der Waals surface area contributed by atoms with Gasteiger partial charge in [0, 0.05) is 18.2 Å². The summed E-state index contributed by atoms with van der Waals surface area (Å²) in [4.78, 5) is 2.49. The molecule has 1 aliphatic rings. The minimum absolute atomic E-state index is 0.0790. The van der Waals surface area contributed by atoms with Crippen molar-refractivity contribution in [3.8, 4) is 11.8 Å². The van der Waals surface area contributed by atoms with Crippen molar-refractivity contribution in [1.29, 1.82) is 0 Å². The summed E-state index contributed by atoms with van der Waals surface area (Å²) in [6.07, 6.45) is 5.42. The van der Waals surface area contributed by atoms with Gasteiger partial charge in [-0.05, 0) is 43.5 Å². The van der Waals surface area contributed by atoms with E-state index in [0.29, 0.717) is 0 Å². The van der Waals surface area contributed by atoms with Crippen molar-refractivity contribution in [1.82, 2.24) is 4.90 Å². The van der Waals surface area contributed by atoms with Crippen molar-refractivity contribution in [3.05, 3.63) is 35.4 Å². The topological polar surface area (TPSA) is 23.5 Å². The van der Waals surface area contributed by atoms with Crippen molar-refractivity contribution in [2.75, 3.05) is 13.7 Å². The molecule has 20 heavy (non-hydrogen) atoms. The fourth-order valence-corrected chi connectivity index (χ4v) is 3.05. The first-order valence-corrected chi connectivity index (χ1v) is 7.58. The highest BCUT2D eigenvalue weighted by atomic mass is 16.2. The third kappa shape index (κ3) is 4.37. The standard InChI is InChI=1S/C18H25NO/c1-15-5-3-7-18(13-15)19(2)14-17-10-8-16(9-11-17)6-4-12-20/h8-11,15,18,20H,3,5,7,12-14H2,1-2H3. The monoisotopic (exact) mass is 271 g/mol. The molecule has 2 rings (SSSR count). The SMILES string of the molecule is CC1CCCC(N(C)Cc2ccc(C#CCO)cc2)C1. The molecule has 0 aliphatic heterocycles. The van der Waals surface area contributed by atoms with E-state index in [0.717, 1.165) is 24.1 Å². The molecule has 0 heterocycles. The normalized spacial score (nSPS) is 22.4. The van der Waals surface area contributed by atoms with Crippen molar-refractivity contribution in [3.63, 3.8) is 0 Å². The van der Waals surface area contributed by atoms with Crippen LogP contribution in [0.25, 0.3) is 0 Å². The average molecular weight is 271 g/mol. The fourth-order valence-electron chi connectivity index (χ4n) is 3.05. The Kier molecular flexibility index (Phi) is 5.64. The molecule has 0 aromatic heterocycles. The van der Waals surface area contributed by atoms with Gasteiger partial charge in [0.2, 0.25) is 0 Å². The van der Waals surface area contributed by atoms with Crippen LogP contribution in [0.4, 0.5) is 0 Å². The molecule has 1 aromatic rings. The van der Waals surface area contributed by atoms with E-state index >= 15 is 0 Å². The van der Waals surface area contributed by atoms with Gasteiger partial charge in [0.1, 0.15) is 6.61 Å². The predicted molar refractivity (Wildman–Crippen MR) is 83.3 cm³/mol. The highest BCUT2D eigenvalue weighted by Gasteiger charge is 2.22. The molecule has 2 nitrogen and oxygen atoms in total. The first-order valence-electron chi connectivity index (χ1n) is 7.58. The molecule has 0 saturated heterocycles. The van der Waals surface area contributed by atoms with Crippen LogP contribution in [0.1, 0.15) is 43.7 Å². The fraction of sp³-hybridized carbons (Fsp3) is 0.556. The van der Waals surface area contributed by atoms with Crippen LogP contribution in [0.15, 0.2) is 24.3 Å². The van der Waals surface area contributed by atoms with Crippen LogP contribution < -0.4 is 0 Å². The molecule has 108 valence electrons. The van der Waals surface area contributed by atoms with E-state index in [4.69, 9.17) is 5.11 Å². The van der Waals surface area contributed by atoms with Gasteiger partial charge in [-0.2, -0.15) is 0 Å². The maximum Gasteiger partial charge on any atom is 0.104 e. The Morgan fingerprint density at radius 1 is 1.25 bits per heavy atom. The molecule has 1 N–H and O–H groups in total. The van der Waals surface area contributed by atoms with Crippen molar-refractivity contribution in [2.24, 2.45) is 5.92 Å². The Morgan fingerprint density at radius 2 is 2.00 bits per heavy atom. The van der Waals surface area contributed by atoms with E-state index in [1.54, 1.807) is 0 Å². The lowest BCUT2D eigenvalue weighted by Gasteiger charge is -2.34. The number of nitrogens with zero attached hydrogens (tertiary/aromatic N) is 1. The Balaban J connectivity index is 1.92. The molecule has 0 amide bonds. The Morgan fingerprint density at radius 3 is 2.65 bits per heavy atom. The summed E-state index contributed by atoms with van der Waals surface area (Å²) in [5.74, 6) is 6.47. The van der Waals surface area contributed by atoms with Crippen LogP contribution >= 0.6 is 0 Å². The highest BCUT2D eigenvalue weighted by molar-refractivity contribution is 5.36. The minimum Gasteiger partial charge on any atom is -0.384 e. The Hall–Kier alpha value is -1.30. The maximum absolute atomic E-state index is 8.69.